The number of carbonyl (C=O) groups is 2. The van der Waals surface area contributed by atoms with E-state index >= 15 is 0 Å². The van der Waals surface area contributed by atoms with E-state index in [2.05, 4.69) is 17.1 Å². The number of aromatic carboxylic acids is 1. The molecule has 0 spiro atoms. The van der Waals surface area contributed by atoms with Crippen LogP contribution < -0.4 is 5.32 Å². The van der Waals surface area contributed by atoms with Gasteiger partial charge in [-0.15, -0.1) is 0 Å². The second kappa shape index (κ2) is 6.91. The number of benzene rings is 1. The molecule has 0 aromatic heterocycles. The van der Waals surface area contributed by atoms with Gasteiger partial charge in [-0.3, -0.25) is 9.69 Å². The average molecular weight is 311 g/mol. The molecule has 1 saturated heterocycles. The molecule has 0 saturated carbocycles. The van der Waals surface area contributed by atoms with E-state index in [9.17, 15) is 9.59 Å². The maximum atomic E-state index is 12.1. The summed E-state index contributed by atoms with van der Waals surface area (Å²) in [6, 6.07) is 4.72. The zero-order valence-corrected chi connectivity index (χ0v) is 12.7. The predicted octanol–water partition coefficient (Wildman–Crippen LogP) is 2.85. The Morgan fingerprint density at radius 2 is 2.24 bits per heavy atom. The van der Waals surface area contributed by atoms with E-state index in [-0.39, 0.29) is 11.5 Å². The molecular formula is C15H19ClN2O3. The molecule has 1 amide bonds. The Morgan fingerprint density at radius 1 is 1.48 bits per heavy atom. The lowest BCUT2D eigenvalue weighted by atomic mass is 10.2. The van der Waals surface area contributed by atoms with Gasteiger partial charge in [0.15, 0.2) is 0 Å². The second-order valence-corrected chi connectivity index (χ2v) is 5.63. The largest absolute Gasteiger partial charge is 0.478 e. The summed E-state index contributed by atoms with van der Waals surface area (Å²) >= 11 is 6.00. The minimum atomic E-state index is -1.05. The standard InChI is InChI=1S/C15H19ClN2O3/c1-2-11-4-3-7-18(11)9-14(19)17-13-8-10(15(20)21)5-6-12(13)16/h5-6,8,11H,2-4,7,9H2,1H3,(H,17,19)(H,20,21). The summed E-state index contributed by atoms with van der Waals surface area (Å²) in [5, 5.41) is 12.0. The molecule has 1 fully saturated rings. The van der Waals surface area contributed by atoms with Crippen LogP contribution in [-0.2, 0) is 4.79 Å². The lowest BCUT2D eigenvalue weighted by molar-refractivity contribution is -0.117. The van der Waals surface area contributed by atoms with Crippen LogP contribution in [0.4, 0.5) is 5.69 Å². The van der Waals surface area contributed by atoms with Gasteiger partial charge in [0.05, 0.1) is 22.8 Å². The smallest absolute Gasteiger partial charge is 0.335 e. The van der Waals surface area contributed by atoms with E-state index < -0.39 is 5.97 Å². The van der Waals surface area contributed by atoms with E-state index in [1.165, 1.54) is 18.2 Å². The van der Waals surface area contributed by atoms with Crippen LogP contribution in [0.5, 0.6) is 0 Å². The maximum absolute atomic E-state index is 12.1. The minimum absolute atomic E-state index is 0.0994. The third-order valence-electron chi connectivity index (χ3n) is 3.80. The van der Waals surface area contributed by atoms with Crippen LogP contribution in [0.3, 0.4) is 0 Å². The van der Waals surface area contributed by atoms with Crippen LogP contribution in [0, 0.1) is 0 Å². The molecule has 2 N–H and O–H groups in total. The SMILES string of the molecule is CCC1CCCN1CC(=O)Nc1cc(C(=O)O)ccc1Cl. The molecule has 1 aliphatic heterocycles. The first kappa shape index (κ1) is 15.8. The van der Waals surface area contributed by atoms with E-state index in [0.29, 0.717) is 23.3 Å². The molecule has 21 heavy (non-hydrogen) atoms. The monoisotopic (exact) mass is 310 g/mol. The lowest BCUT2D eigenvalue weighted by Crippen LogP contribution is -2.36. The van der Waals surface area contributed by atoms with Crippen molar-refractivity contribution in [2.24, 2.45) is 0 Å². The molecule has 1 aromatic carbocycles. The van der Waals surface area contributed by atoms with Gasteiger partial charge in [0, 0.05) is 6.04 Å². The quantitative estimate of drug-likeness (QED) is 0.877. The number of carbonyl (C=O) groups excluding carboxylic acids is 1. The Balaban J connectivity index is 2.02. The average Bonchev–Trinajstić information content (AvgIpc) is 2.88. The number of carboxylic acids is 1. The zero-order valence-electron chi connectivity index (χ0n) is 11.9. The van der Waals surface area contributed by atoms with Crippen molar-refractivity contribution in [3.05, 3.63) is 28.8 Å². The Morgan fingerprint density at radius 3 is 2.90 bits per heavy atom. The van der Waals surface area contributed by atoms with Crippen LogP contribution in [0.2, 0.25) is 5.02 Å². The number of likely N-dealkylation sites (tertiary alicyclic amines) is 1. The van der Waals surface area contributed by atoms with Gasteiger partial charge in [-0.05, 0) is 44.0 Å². The van der Waals surface area contributed by atoms with Gasteiger partial charge in [-0.25, -0.2) is 4.79 Å². The van der Waals surface area contributed by atoms with Gasteiger partial charge in [-0.2, -0.15) is 0 Å². The molecular weight excluding hydrogens is 292 g/mol. The van der Waals surface area contributed by atoms with Crippen LogP contribution in [0.1, 0.15) is 36.5 Å². The van der Waals surface area contributed by atoms with Crippen LogP contribution in [0.15, 0.2) is 18.2 Å². The molecule has 1 heterocycles. The highest BCUT2D eigenvalue weighted by Crippen LogP contribution is 2.24. The fraction of sp³-hybridized carbons (Fsp3) is 0.467. The molecule has 1 aromatic rings. The first-order chi connectivity index (χ1) is 10.0. The third-order valence-corrected chi connectivity index (χ3v) is 4.13. The summed E-state index contributed by atoms with van der Waals surface area (Å²) < 4.78 is 0. The number of amides is 1. The van der Waals surface area contributed by atoms with E-state index in [1.807, 2.05) is 0 Å². The van der Waals surface area contributed by atoms with Crippen LogP contribution in [-0.4, -0.2) is 41.0 Å². The first-order valence-electron chi connectivity index (χ1n) is 7.08. The van der Waals surface area contributed by atoms with Gasteiger partial charge < -0.3 is 10.4 Å². The molecule has 1 unspecified atom stereocenters. The number of nitrogens with one attached hydrogen (secondary N) is 1. The van der Waals surface area contributed by atoms with Gasteiger partial charge in [0.1, 0.15) is 0 Å². The highest BCUT2D eigenvalue weighted by molar-refractivity contribution is 6.33. The fourth-order valence-corrected chi connectivity index (χ4v) is 2.86. The summed E-state index contributed by atoms with van der Waals surface area (Å²) in [6.07, 6.45) is 3.27. The summed E-state index contributed by atoms with van der Waals surface area (Å²) in [6.45, 7) is 3.36. The molecule has 0 bridgehead atoms. The second-order valence-electron chi connectivity index (χ2n) is 5.22. The number of nitrogens with zero attached hydrogens (tertiary/aromatic N) is 1. The summed E-state index contributed by atoms with van der Waals surface area (Å²) in [5.74, 6) is -1.22. The van der Waals surface area contributed by atoms with Crippen molar-refractivity contribution in [3.63, 3.8) is 0 Å². The van der Waals surface area contributed by atoms with Crippen molar-refractivity contribution in [1.82, 2.24) is 4.90 Å². The van der Waals surface area contributed by atoms with Gasteiger partial charge >= 0.3 is 5.97 Å². The summed E-state index contributed by atoms with van der Waals surface area (Å²) in [7, 11) is 0. The normalized spacial score (nSPS) is 18.7. The van der Waals surface area contributed by atoms with Crippen molar-refractivity contribution in [2.75, 3.05) is 18.4 Å². The van der Waals surface area contributed by atoms with Crippen molar-refractivity contribution in [2.45, 2.75) is 32.2 Å². The molecule has 2 rings (SSSR count). The third kappa shape index (κ3) is 3.95. The highest BCUT2D eigenvalue weighted by Gasteiger charge is 2.24. The topological polar surface area (TPSA) is 69.6 Å². The molecule has 6 heteroatoms. The fourth-order valence-electron chi connectivity index (χ4n) is 2.69. The van der Waals surface area contributed by atoms with E-state index in [0.717, 1.165) is 25.8 Å². The van der Waals surface area contributed by atoms with Crippen LogP contribution in [0.25, 0.3) is 0 Å². The predicted molar refractivity (Wildman–Crippen MR) is 81.9 cm³/mol. The Kier molecular flexibility index (Phi) is 5.20. The van der Waals surface area contributed by atoms with Crippen molar-refractivity contribution >= 4 is 29.2 Å². The molecule has 114 valence electrons. The number of rotatable bonds is 5. The molecule has 1 atom stereocenters. The highest BCUT2D eigenvalue weighted by atomic mass is 35.5. The molecule has 0 radical (unpaired) electrons. The Labute approximate surface area is 128 Å². The van der Waals surface area contributed by atoms with E-state index in [4.69, 9.17) is 16.7 Å². The van der Waals surface area contributed by atoms with Gasteiger partial charge in [0.2, 0.25) is 5.91 Å². The van der Waals surface area contributed by atoms with Crippen LogP contribution >= 0.6 is 11.6 Å². The van der Waals surface area contributed by atoms with E-state index in [1.54, 1.807) is 0 Å². The number of anilines is 1. The lowest BCUT2D eigenvalue weighted by Gasteiger charge is -2.22. The molecule has 5 nitrogen and oxygen atoms in total. The van der Waals surface area contributed by atoms with Crippen molar-refractivity contribution in [3.8, 4) is 0 Å². The van der Waals surface area contributed by atoms with Crippen molar-refractivity contribution < 1.29 is 14.7 Å². The number of hydrogen-bond acceptors (Lipinski definition) is 3. The number of carboxylic acid groups (broad SMARTS) is 1. The maximum Gasteiger partial charge on any atom is 0.335 e. The molecule has 0 aliphatic carbocycles. The Bertz CT molecular complexity index is 548. The van der Waals surface area contributed by atoms with Gasteiger partial charge in [-0.1, -0.05) is 18.5 Å². The number of hydrogen-bond donors (Lipinski definition) is 2. The number of halogens is 1. The minimum Gasteiger partial charge on any atom is -0.478 e. The zero-order chi connectivity index (χ0) is 15.4. The summed E-state index contributed by atoms with van der Waals surface area (Å²) in [5.41, 5.74) is 0.441. The van der Waals surface area contributed by atoms with Crippen molar-refractivity contribution in [1.29, 1.82) is 0 Å². The molecule has 1 aliphatic rings. The first-order valence-corrected chi connectivity index (χ1v) is 7.45. The summed E-state index contributed by atoms with van der Waals surface area (Å²) in [4.78, 5) is 25.2. The van der Waals surface area contributed by atoms with Gasteiger partial charge in [0.25, 0.3) is 0 Å². The Hall–Kier alpha value is -1.59.